The molecule has 0 radical (unpaired) electrons. The highest BCUT2D eigenvalue weighted by molar-refractivity contribution is 5.53. The number of aliphatic hydroxyl groups excluding tert-OH is 2. The zero-order chi connectivity index (χ0) is 9.98. The van der Waals surface area contributed by atoms with Crippen LogP contribution in [0.15, 0.2) is 0 Å². The lowest BCUT2D eigenvalue weighted by atomic mass is 10.5. The van der Waals surface area contributed by atoms with E-state index in [-0.39, 0.29) is 13.2 Å². The first kappa shape index (κ1) is 13.7. The van der Waals surface area contributed by atoms with Crippen LogP contribution in [0.1, 0.15) is 0 Å². The van der Waals surface area contributed by atoms with Gasteiger partial charge in [-0.2, -0.15) is 0 Å². The van der Waals surface area contributed by atoms with E-state index < -0.39 is 6.16 Å². The molecule has 0 bridgehead atoms. The lowest BCUT2D eigenvalue weighted by Gasteiger charge is -2.11. The van der Waals surface area contributed by atoms with Gasteiger partial charge in [0.15, 0.2) is 0 Å². The highest BCUT2D eigenvalue weighted by atomic mass is 16.6. The van der Waals surface area contributed by atoms with Crippen LogP contribution in [0.5, 0.6) is 0 Å². The van der Waals surface area contributed by atoms with Crippen LogP contribution in [0.25, 0.3) is 0 Å². The van der Waals surface area contributed by atoms with Gasteiger partial charge in [0.1, 0.15) is 0 Å². The predicted molar refractivity (Wildman–Crippen MR) is 42.3 cm³/mol. The highest BCUT2D eigenvalue weighted by Gasteiger charge is 1.91. The van der Waals surface area contributed by atoms with Crippen molar-refractivity contribution in [3.05, 3.63) is 0 Å². The van der Waals surface area contributed by atoms with Gasteiger partial charge in [-0.3, -0.25) is 0 Å². The molecule has 0 amide bonds. The van der Waals surface area contributed by atoms with Gasteiger partial charge < -0.3 is 25.3 Å². The Balaban J connectivity index is 0. The van der Waals surface area contributed by atoms with Crippen molar-refractivity contribution < 1.29 is 25.2 Å². The summed E-state index contributed by atoms with van der Waals surface area (Å²) >= 11 is 0. The van der Waals surface area contributed by atoms with Gasteiger partial charge in [-0.05, 0) is 7.05 Å². The molecule has 0 aliphatic rings. The Bertz CT molecular complexity index is 98.1. The van der Waals surface area contributed by atoms with Crippen LogP contribution in [0.3, 0.4) is 0 Å². The van der Waals surface area contributed by atoms with Crippen molar-refractivity contribution in [2.75, 3.05) is 33.4 Å². The molecule has 0 saturated carbocycles. The Kier molecular flexibility index (Phi) is 11.6. The van der Waals surface area contributed by atoms with Gasteiger partial charge in [-0.1, -0.05) is 0 Å². The molecule has 0 rings (SSSR count). The van der Waals surface area contributed by atoms with Crippen molar-refractivity contribution in [2.45, 2.75) is 0 Å². The predicted octanol–water partition coefficient (Wildman–Crippen LogP) is -0.875. The third-order valence-electron chi connectivity index (χ3n) is 0.963. The van der Waals surface area contributed by atoms with Crippen molar-refractivity contribution in [3.63, 3.8) is 0 Å². The summed E-state index contributed by atoms with van der Waals surface area (Å²) in [5, 5.41) is 30.6. The quantitative estimate of drug-likeness (QED) is 0.449. The molecule has 4 N–H and O–H groups in total. The SMILES string of the molecule is CN(CCO)CCO.O=C(O)O. The molecule has 6 nitrogen and oxygen atoms in total. The van der Waals surface area contributed by atoms with Crippen LogP contribution in [-0.4, -0.2) is 64.8 Å². The molecule has 0 aromatic carbocycles. The third kappa shape index (κ3) is 22.9. The molecule has 0 heterocycles. The number of aliphatic hydroxyl groups is 2. The second kappa shape index (κ2) is 10.2. The normalized spacial score (nSPS) is 9.00. The number of carbonyl (C=O) groups is 1. The number of rotatable bonds is 4. The van der Waals surface area contributed by atoms with Crippen LogP contribution >= 0.6 is 0 Å². The third-order valence-corrected chi connectivity index (χ3v) is 0.963. The molecule has 6 heteroatoms. The molecule has 0 saturated heterocycles. The lowest BCUT2D eigenvalue weighted by Crippen LogP contribution is -2.25. The van der Waals surface area contributed by atoms with E-state index in [1.165, 1.54) is 0 Å². The van der Waals surface area contributed by atoms with Crippen LogP contribution in [0, 0.1) is 0 Å². The number of hydrogen-bond acceptors (Lipinski definition) is 4. The van der Waals surface area contributed by atoms with E-state index in [2.05, 4.69) is 0 Å². The Morgan fingerprint density at radius 2 is 1.42 bits per heavy atom. The van der Waals surface area contributed by atoms with Crippen molar-refractivity contribution in [1.82, 2.24) is 4.90 Å². The molecule has 0 aliphatic carbocycles. The average Bonchev–Trinajstić information content (AvgIpc) is 1.87. The number of nitrogens with zero attached hydrogens (tertiary/aromatic N) is 1. The van der Waals surface area contributed by atoms with Gasteiger partial charge in [0, 0.05) is 13.1 Å². The minimum atomic E-state index is -1.83. The van der Waals surface area contributed by atoms with E-state index in [0.717, 1.165) is 0 Å². The number of carboxylic acid groups (broad SMARTS) is 2. The molecule has 74 valence electrons. The van der Waals surface area contributed by atoms with Crippen LogP contribution < -0.4 is 0 Å². The van der Waals surface area contributed by atoms with E-state index in [4.69, 9.17) is 25.2 Å². The summed E-state index contributed by atoms with van der Waals surface area (Å²) in [6, 6.07) is 0. The fourth-order valence-electron chi connectivity index (χ4n) is 0.453. The summed E-state index contributed by atoms with van der Waals surface area (Å²) in [4.78, 5) is 10.4. The first-order valence-electron chi connectivity index (χ1n) is 3.36. The monoisotopic (exact) mass is 181 g/mol. The van der Waals surface area contributed by atoms with Gasteiger partial charge in [-0.25, -0.2) is 4.79 Å². The van der Waals surface area contributed by atoms with Gasteiger partial charge in [0.2, 0.25) is 0 Å². The van der Waals surface area contributed by atoms with E-state index in [1.807, 2.05) is 11.9 Å². The fraction of sp³-hybridized carbons (Fsp3) is 0.833. The Morgan fingerprint density at radius 1 is 1.17 bits per heavy atom. The van der Waals surface area contributed by atoms with Crippen molar-refractivity contribution in [3.8, 4) is 0 Å². The summed E-state index contributed by atoms with van der Waals surface area (Å²) in [6.07, 6.45) is -1.83. The number of hydrogen-bond donors (Lipinski definition) is 4. The lowest BCUT2D eigenvalue weighted by molar-refractivity contribution is 0.137. The van der Waals surface area contributed by atoms with Crippen LogP contribution in [-0.2, 0) is 0 Å². The molecule has 0 aliphatic heterocycles. The first-order valence-corrected chi connectivity index (χ1v) is 3.36. The molecule has 12 heavy (non-hydrogen) atoms. The molecule has 0 aromatic rings. The van der Waals surface area contributed by atoms with Crippen LogP contribution in [0.2, 0.25) is 0 Å². The molecular weight excluding hydrogens is 166 g/mol. The highest BCUT2D eigenvalue weighted by Crippen LogP contribution is 1.76. The molecule has 0 fully saturated rings. The van der Waals surface area contributed by atoms with Gasteiger partial charge in [-0.15, -0.1) is 0 Å². The summed E-state index contributed by atoms with van der Waals surface area (Å²) in [7, 11) is 1.85. The second-order valence-electron chi connectivity index (χ2n) is 2.03. The van der Waals surface area contributed by atoms with Crippen LogP contribution in [0.4, 0.5) is 4.79 Å². The molecule has 0 aromatic heterocycles. The van der Waals surface area contributed by atoms with Gasteiger partial charge in [0.25, 0.3) is 0 Å². The smallest absolute Gasteiger partial charge is 0.450 e. The molecule has 0 unspecified atom stereocenters. The van der Waals surface area contributed by atoms with Gasteiger partial charge >= 0.3 is 6.16 Å². The molecule has 0 spiro atoms. The molecule has 0 atom stereocenters. The maximum absolute atomic E-state index is 8.56. The van der Waals surface area contributed by atoms with Crippen molar-refractivity contribution in [2.24, 2.45) is 0 Å². The Labute approximate surface area is 70.7 Å². The maximum atomic E-state index is 8.56. The van der Waals surface area contributed by atoms with Crippen molar-refractivity contribution in [1.29, 1.82) is 0 Å². The minimum absolute atomic E-state index is 0.163. The zero-order valence-corrected chi connectivity index (χ0v) is 6.97. The van der Waals surface area contributed by atoms with Gasteiger partial charge in [0.05, 0.1) is 13.2 Å². The topological polar surface area (TPSA) is 101 Å². The van der Waals surface area contributed by atoms with E-state index >= 15 is 0 Å². The molecular formula is C6H15NO5. The van der Waals surface area contributed by atoms with E-state index in [0.29, 0.717) is 13.1 Å². The van der Waals surface area contributed by atoms with E-state index in [1.54, 1.807) is 0 Å². The second-order valence-corrected chi connectivity index (χ2v) is 2.03. The summed E-state index contributed by atoms with van der Waals surface area (Å²) in [5.74, 6) is 0. The minimum Gasteiger partial charge on any atom is -0.450 e. The summed E-state index contributed by atoms with van der Waals surface area (Å²) < 4.78 is 0. The van der Waals surface area contributed by atoms with Crippen molar-refractivity contribution >= 4 is 6.16 Å². The Hall–Kier alpha value is -0.850. The zero-order valence-electron chi connectivity index (χ0n) is 6.97. The summed E-state index contributed by atoms with van der Waals surface area (Å²) in [5.41, 5.74) is 0. The standard InChI is InChI=1S/C5H13NO2.CH2O3/c1-6(2-4-7)3-5-8;2-1(3)4/h7-8H,2-5H2,1H3;(H2,2,3,4). The fourth-order valence-corrected chi connectivity index (χ4v) is 0.453. The first-order chi connectivity index (χ1) is 5.54. The average molecular weight is 181 g/mol. The summed E-state index contributed by atoms with van der Waals surface area (Å²) in [6.45, 7) is 1.61. The van der Waals surface area contributed by atoms with E-state index in [9.17, 15) is 0 Å². The Morgan fingerprint density at radius 3 is 1.58 bits per heavy atom. The maximum Gasteiger partial charge on any atom is 0.503 e. The number of likely N-dealkylation sites (N-methyl/N-ethyl adjacent to an activating group) is 1. The largest absolute Gasteiger partial charge is 0.503 e.